The molecule has 1 rings (SSSR count). The molecule has 1 aromatic rings. The van der Waals surface area contributed by atoms with E-state index in [1.165, 1.54) is 4.88 Å². The Morgan fingerprint density at radius 2 is 2.00 bits per heavy atom. The fourth-order valence-electron chi connectivity index (χ4n) is 1.63. The SMILES string of the molecule is CN=C(NCCc1sc(C)nc1C)NC(C)(C)C. The zero-order valence-corrected chi connectivity index (χ0v) is 13.0. The van der Waals surface area contributed by atoms with Crippen LogP contribution >= 0.6 is 11.3 Å². The molecule has 0 aliphatic carbocycles. The highest BCUT2D eigenvalue weighted by molar-refractivity contribution is 7.11. The van der Waals surface area contributed by atoms with Crippen LogP contribution in [0.3, 0.4) is 0 Å². The minimum Gasteiger partial charge on any atom is -0.356 e. The molecule has 2 N–H and O–H groups in total. The number of aromatic nitrogens is 1. The molecule has 5 heteroatoms. The number of guanidine groups is 1. The Morgan fingerprint density at radius 1 is 1.33 bits per heavy atom. The zero-order chi connectivity index (χ0) is 13.8. The molecule has 1 heterocycles. The monoisotopic (exact) mass is 268 g/mol. The van der Waals surface area contributed by atoms with Gasteiger partial charge in [0.15, 0.2) is 5.96 Å². The third kappa shape index (κ3) is 5.04. The van der Waals surface area contributed by atoms with Gasteiger partial charge >= 0.3 is 0 Å². The van der Waals surface area contributed by atoms with Gasteiger partial charge in [-0.2, -0.15) is 0 Å². The molecule has 102 valence electrons. The fraction of sp³-hybridized carbons (Fsp3) is 0.692. The lowest BCUT2D eigenvalue weighted by molar-refractivity contribution is 0.501. The molecule has 0 amide bonds. The summed E-state index contributed by atoms with van der Waals surface area (Å²) < 4.78 is 0. The summed E-state index contributed by atoms with van der Waals surface area (Å²) in [5.41, 5.74) is 1.18. The number of hydrogen-bond acceptors (Lipinski definition) is 3. The molecular weight excluding hydrogens is 244 g/mol. The summed E-state index contributed by atoms with van der Waals surface area (Å²) in [5.74, 6) is 0.849. The Labute approximate surface area is 114 Å². The molecule has 0 unspecified atom stereocenters. The van der Waals surface area contributed by atoms with Crippen molar-refractivity contribution in [3.8, 4) is 0 Å². The quantitative estimate of drug-likeness (QED) is 0.653. The van der Waals surface area contributed by atoms with Gasteiger partial charge in [-0.15, -0.1) is 11.3 Å². The van der Waals surface area contributed by atoms with E-state index in [1.807, 2.05) is 0 Å². The van der Waals surface area contributed by atoms with E-state index in [-0.39, 0.29) is 5.54 Å². The van der Waals surface area contributed by atoms with Gasteiger partial charge in [0.05, 0.1) is 10.7 Å². The van der Waals surface area contributed by atoms with Crippen molar-refractivity contribution in [3.05, 3.63) is 15.6 Å². The molecule has 0 aliphatic rings. The number of aliphatic imine (C=N–C) groups is 1. The van der Waals surface area contributed by atoms with Crippen molar-refractivity contribution in [1.29, 1.82) is 0 Å². The van der Waals surface area contributed by atoms with E-state index >= 15 is 0 Å². The molecular formula is C13H24N4S. The van der Waals surface area contributed by atoms with Gasteiger partial charge in [0.25, 0.3) is 0 Å². The number of nitrogens with one attached hydrogen (secondary N) is 2. The molecule has 0 saturated heterocycles. The summed E-state index contributed by atoms with van der Waals surface area (Å²) >= 11 is 1.78. The first-order chi connectivity index (χ1) is 8.31. The average Bonchev–Trinajstić information content (AvgIpc) is 2.54. The van der Waals surface area contributed by atoms with E-state index in [9.17, 15) is 0 Å². The summed E-state index contributed by atoms with van der Waals surface area (Å²) in [6.45, 7) is 11.4. The molecule has 0 fully saturated rings. The van der Waals surface area contributed by atoms with Crippen molar-refractivity contribution in [2.45, 2.75) is 46.6 Å². The Balaban J connectivity index is 2.43. The van der Waals surface area contributed by atoms with Gasteiger partial charge < -0.3 is 10.6 Å². The highest BCUT2D eigenvalue weighted by Crippen LogP contribution is 2.16. The predicted octanol–water partition coefficient (Wildman–Crippen LogP) is 2.27. The van der Waals surface area contributed by atoms with E-state index in [0.717, 1.165) is 29.6 Å². The maximum atomic E-state index is 4.43. The van der Waals surface area contributed by atoms with Crippen LogP contribution in [0.25, 0.3) is 0 Å². The molecule has 4 nitrogen and oxygen atoms in total. The van der Waals surface area contributed by atoms with Crippen LogP contribution in [0, 0.1) is 13.8 Å². The van der Waals surface area contributed by atoms with Gasteiger partial charge in [0, 0.05) is 30.4 Å². The van der Waals surface area contributed by atoms with Gasteiger partial charge in [-0.05, 0) is 34.6 Å². The zero-order valence-electron chi connectivity index (χ0n) is 12.2. The summed E-state index contributed by atoms with van der Waals surface area (Å²) in [6.07, 6.45) is 0.988. The smallest absolute Gasteiger partial charge is 0.191 e. The Bertz CT molecular complexity index is 415. The molecule has 0 saturated carbocycles. The Morgan fingerprint density at radius 3 is 2.44 bits per heavy atom. The van der Waals surface area contributed by atoms with Crippen LogP contribution in [0.2, 0.25) is 0 Å². The third-order valence-electron chi connectivity index (χ3n) is 2.36. The van der Waals surface area contributed by atoms with Crippen molar-refractivity contribution >= 4 is 17.3 Å². The van der Waals surface area contributed by atoms with Crippen molar-refractivity contribution in [3.63, 3.8) is 0 Å². The first-order valence-electron chi connectivity index (χ1n) is 6.23. The third-order valence-corrected chi connectivity index (χ3v) is 3.49. The van der Waals surface area contributed by atoms with Crippen LogP contribution in [-0.4, -0.2) is 30.1 Å². The summed E-state index contributed by atoms with van der Waals surface area (Å²) in [7, 11) is 1.79. The topological polar surface area (TPSA) is 49.3 Å². The minimum absolute atomic E-state index is 0.0266. The number of rotatable bonds is 3. The van der Waals surface area contributed by atoms with Crippen LogP contribution in [-0.2, 0) is 6.42 Å². The van der Waals surface area contributed by atoms with Crippen molar-refractivity contribution < 1.29 is 0 Å². The molecule has 0 aliphatic heterocycles. The maximum Gasteiger partial charge on any atom is 0.191 e. The van der Waals surface area contributed by atoms with Crippen molar-refractivity contribution in [2.75, 3.05) is 13.6 Å². The molecule has 1 aromatic heterocycles. The van der Waals surface area contributed by atoms with Gasteiger partial charge in [-0.25, -0.2) is 4.98 Å². The lowest BCUT2D eigenvalue weighted by atomic mass is 10.1. The highest BCUT2D eigenvalue weighted by Gasteiger charge is 2.11. The molecule has 0 bridgehead atoms. The molecule has 0 atom stereocenters. The van der Waals surface area contributed by atoms with E-state index in [1.54, 1.807) is 18.4 Å². The van der Waals surface area contributed by atoms with E-state index in [2.05, 4.69) is 55.2 Å². The number of hydrogen-bond donors (Lipinski definition) is 2. The van der Waals surface area contributed by atoms with Crippen LogP contribution in [0.5, 0.6) is 0 Å². The van der Waals surface area contributed by atoms with E-state index in [4.69, 9.17) is 0 Å². The molecule has 0 aromatic carbocycles. The molecule has 18 heavy (non-hydrogen) atoms. The first kappa shape index (κ1) is 15.0. The standard InChI is InChI=1S/C13H24N4S/c1-9-11(18-10(2)16-9)7-8-15-12(14-6)17-13(3,4)5/h7-8H2,1-6H3,(H2,14,15,17). The predicted molar refractivity (Wildman–Crippen MR) is 79.5 cm³/mol. The highest BCUT2D eigenvalue weighted by atomic mass is 32.1. The van der Waals surface area contributed by atoms with Gasteiger partial charge in [-0.3, -0.25) is 4.99 Å². The largest absolute Gasteiger partial charge is 0.356 e. The van der Waals surface area contributed by atoms with Crippen LogP contribution in [0.1, 0.15) is 36.3 Å². The second-order valence-corrected chi connectivity index (χ2v) is 6.65. The Kier molecular flexibility index (Phi) is 5.14. The lowest BCUT2D eigenvalue weighted by Crippen LogP contribution is -2.48. The van der Waals surface area contributed by atoms with Crippen molar-refractivity contribution in [2.24, 2.45) is 4.99 Å². The van der Waals surface area contributed by atoms with Gasteiger partial charge in [0.1, 0.15) is 0 Å². The second-order valence-electron chi connectivity index (χ2n) is 5.37. The first-order valence-corrected chi connectivity index (χ1v) is 7.05. The summed E-state index contributed by atoms with van der Waals surface area (Å²) in [4.78, 5) is 10.0. The minimum atomic E-state index is 0.0266. The second kappa shape index (κ2) is 6.18. The Hall–Kier alpha value is -1.10. The molecule has 0 radical (unpaired) electrons. The molecule has 0 spiro atoms. The van der Waals surface area contributed by atoms with E-state index < -0.39 is 0 Å². The normalized spacial score (nSPS) is 12.7. The fourth-order valence-corrected chi connectivity index (χ4v) is 2.57. The van der Waals surface area contributed by atoms with Gasteiger partial charge in [-0.1, -0.05) is 0 Å². The van der Waals surface area contributed by atoms with Crippen LogP contribution in [0.4, 0.5) is 0 Å². The number of nitrogens with zero attached hydrogens (tertiary/aromatic N) is 2. The van der Waals surface area contributed by atoms with E-state index in [0.29, 0.717) is 0 Å². The lowest BCUT2D eigenvalue weighted by Gasteiger charge is -2.23. The maximum absolute atomic E-state index is 4.43. The van der Waals surface area contributed by atoms with Crippen LogP contribution < -0.4 is 10.6 Å². The van der Waals surface area contributed by atoms with Crippen LogP contribution in [0.15, 0.2) is 4.99 Å². The van der Waals surface area contributed by atoms with Crippen molar-refractivity contribution in [1.82, 2.24) is 15.6 Å². The average molecular weight is 268 g/mol. The summed E-state index contributed by atoms with van der Waals surface area (Å²) in [6, 6.07) is 0. The number of aryl methyl sites for hydroxylation is 2. The van der Waals surface area contributed by atoms with Gasteiger partial charge in [0.2, 0.25) is 0 Å². The number of thiazole rings is 1. The summed E-state index contributed by atoms with van der Waals surface area (Å²) in [5, 5.41) is 7.81.